The van der Waals surface area contributed by atoms with E-state index in [1.807, 2.05) is 31.2 Å². The minimum absolute atomic E-state index is 0.0354. The first-order valence-electron chi connectivity index (χ1n) is 7.96. The Balaban J connectivity index is 1.93. The molecule has 1 atom stereocenters. The van der Waals surface area contributed by atoms with E-state index in [9.17, 15) is 9.59 Å². The lowest BCUT2D eigenvalue weighted by Crippen LogP contribution is -2.37. The molecular weight excluding hydrogens is 280 g/mol. The first-order valence-corrected chi connectivity index (χ1v) is 7.96. The van der Waals surface area contributed by atoms with E-state index < -0.39 is 0 Å². The lowest BCUT2D eigenvalue weighted by molar-refractivity contribution is -0.121. The van der Waals surface area contributed by atoms with Crippen LogP contribution in [0.5, 0.6) is 5.75 Å². The van der Waals surface area contributed by atoms with Gasteiger partial charge in [-0.2, -0.15) is 0 Å². The van der Waals surface area contributed by atoms with Crippen LogP contribution in [0, 0.1) is 0 Å². The Hall–Kier alpha value is -2.04. The molecule has 1 saturated heterocycles. The fraction of sp³-hybridized carbons (Fsp3) is 0.529. The fourth-order valence-corrected chi connectivity index (χ4v) is 2.58. The molecule has 0 bridgehead atoms. The molecule has 0 aliphatic carbocycles. The molecular formula is C17H24N2O3. The van der Waals surface area contributed by atoms with Gasteiger partial charge >= 0.3 is 0 Å². The van der Waals surface area contributed by atoms with Crippen LogP contribution in [0.2, 0.25) is 0 Å². The molecule has 120 valence electrons. The lowest BCUT2D eigenvalue weighted by Gasteiger charge is -2.17. The number of unbranched alkanes of at least 4 members (excludes halogenated alkanes) is 1. The monoisotopic (exact) mass is 304 g/mol. The Kier molecular flexibility index (Phi) is 5.81. The largest absolute Gasteiger partial charge is 0.494 e. The molecule has 1 aromatic rings. The number of carbonyl (C=O) groups excluding carboxylic acids is 2. The fourth-order valence-electron chi connectivity index (χ4n) is 2.58. The normalized spacial score (nSPS) is 17.6. The molecule has 1 aliphatic heterocycles. The number of hydrogen-bond donors (Lipinski definition) is 1. The van der Waals surface area contributed by atoms with Gasteiger partial charge in [0.25, 0.3) is 0 Å². The lowest BCUT2D eigenvalue weighted by atomic mass is 10.2. The van der Waals surface area contributed by atoms with Crippen molar-refractivity contribution in [3.8, 4) is 5.75 Å². The highest BCUT2D eigenvalue weighted by Crippen LogP contribution is 2.24. The van der Waals surface area contributed by atoms with E-state index in [0.29, 0.717) is 26.0 Å². The highest BCUT2D eigenvalue weighted by Gasteiger charge is 2.31. The Morgan fingerprint density at radius 2 is 2.05 bits per heavy atom. The van der Waals surface area contributed by atoms with Gasteiger partial charge in [-0.3, -0.25) is 9.59 Å². The summed E-state index contributed by atoms with van der Waals surface area (Å²) in [4.78, 5) is 25.6. The third kappa shape index (κ3) is 4.23. The molecule has 1 N–H and O–H groups in total. The van der Waals surface area contributed by atoms with E-state index in [4.69, 9.17) is 4.74 Å². The number of rotatable bonds is 7. The maximum Gasteiger partial charge on any atom is 0.229 e. The molecule has 1 fully saturated rings. The molecule has 5 heteroatoms. The number of hydrogen-bond acceptors (Lipinski definition) is 3. The minimum atomic E-state index is -0.0941. The number of nitrogens with one attached hydrogen (secondary N) is 1. The zero-order valence-corrected chi connectivity index (χ0v) is 13.3. The Labute approximate surface area is 131 Å². The molecule has 0 radical (unpaired) electrons. The van der Waals surface area contributed by atoms with Crippen molar-refractivity contribution >= 4 is 17.5 Å². The van der Waals surface area contributed by atoms with Gasteiger partial charge in [-0.25, -0.2) is 0 Å². The summed E-state index contributed by atoms with van der Waals surface area (Å²) < 4.78 is 5.40. The van der Waals surface area contributed by atoms with Crippen molar-refractivity contribution in [2.45, 2.75) is 45.6 Å². The van der Waals surface area contributed by atoms with Gasteiger partial charge in [0.05, 0.1) is 12.6 Å². The number of ether oxygens (including phenoxy) is 1. The zero-order valence-electron chi connectivity index (χ0n) is 13.3. The zero-order chi connectivity index (χ0) is 15.9. The van der Waals surface area contributed by atoms with Crippen molar-refractivity contribution < 1.29 is 14.3 Å². The van der Waals surface area contributed by atoms with Crippen LogP contribution in [0.1, 0.15) is 39.5 Å². The van der Waals surface area contributed by atoms with Gasteiger partial charge in [0.1, 0.15) is 5.75 Å². The number of benzene rings is 1. The summed E-state index contributed by atoms with van der Waals surface area (Å²) in [6.45, 7) is 5.14. The summed E-state index contributed by atoms with van der Waals surface area (Å²) in [5.41, 5.74) is 0.846. The molecule has 1 unspecified atom stereocenters. The summed E-state index contributed by atoms with van der Waals surface area (Å²) >= 11 is 0. The van der Waals surface area contributed by atoms with Crippen LogP contribution in [0.3, 0.4) is 0 Å². The van der Waals surface area contributed by atoms with E-state index in [-0.39, 0.29) is 17.9 Å². The van der Waals surface area contributed by atoms with Crippen LogP contribution in [-0.4, -0.2) is 31.0 Å². The van der Waals surface area contributed by atoms with Crippen molar-refractivity contribution in [1.82, 2.24) is 5.32 Å². The Morgan fingerprint density at radius 3 is 2.68 bits per heavy atom. The number of nitrogens with zero attached hydrogens (tertiary/aromatic N) is 1. The predicted octanol–water partition coefficient (Wildman–Crippen LogP) is 2.50. The van der Waals surface area contributed by atoms with Gasteiger partial charge in [0.15, 0.2) is 0 Å². The van der Waals surface area contributed by atoms with Crippen molar-refractivity contribution in [2.24, 2.45) is 0 Å². The van der Waals surface area contributed by atoms with E-state index in [2.05, 4.69) is 12.2 Å². The topological polar surface area (TPSA) is 58.6 Å². The van der Waals surface area contributed by atoms with Crippen LogP contribution in [0.25, 0.3) is 0 Å². The van der Waals surface area contributed by atoms with Gasteiger partial charge in [0, 0.05) is 25.1 Å². The molecule has 1 heterocycles. The van der Waals surface area contributed by atoms with Gasteiger partial charge in [-0.1, -0.05) is 13.3 Å². The molecule has 1 aliphatic rings. The predicted molar refractivity (Wildman–Crippen MR) is 86.0 cm³/mol. The third-order valence-electron chi connectivity index (χ3n) is 3.71. The molecule has 0 aromatic heterocycles. The van der Waals surface area contributed by atoms with Crippen LogP contribution in [-0.2, 0) is 9.59 Å². The molecule has 0 spiro atoms. The summed E-state index contributed by atoms with van der Waals surface area (Å²) in [6.07, 6.45) is 2.78. The van der Waals surface area contributed by atoms with Crippen molar-refractivity contribution in [3.63, 3.8) is 0 Å². The van der Waals surface area contributed by atoms with Gasteiger partial charge in [0.2, 0.25) is 11.8 Å². The maximum absolute atomic E-state index is 12.1. The van der Waals surface area contributed by atoms with Gasteiger partial charge in [-0.05, 0) is 37.6 Å². The molecule has 0 saturated carbocycles. The number of carbonyl (C=O) groups is 2. The SMILES string of the molecule is CCCCC(=O)NC1CC(=O)N(c2ccc(OCC)cc2)C1. The van der Waals surface area contributed by atoms with E-state index in [1.54, 1.807) is 4.90 Å². The highest BCUT2D eigenvalue weighted by molar-refractivity contribution is 5.96. The number of amides is 2. The first kappa shape index (κ1) is 16.3. The summed E-state index contributed by atoms with van der Waals surface area (Å²) in [6, 6.07) is 7.39. The van der Waals surface area contributed by atoms with Gasteiger partial charge < -0.3 is 15.0 Å². The first-order chi connectivity index (χ1) is 10.6. The standard InChI is InChI=1S/C17H24N2O3/c1-3-5-6-16(20)18-13-11-17(21)19(12-13)14-7-9-15(10-8-14)22-4-2/h7-10,13H,3-6,11-12H2,1-2H3,(H,18,20). The van der Waals surface area contributed by atoms with Crippen LogP contribution < -0.4 is 15.0 Å². The smallest absolute Gasteiger partial charge is 0.229 e. The summed E-state index contributed by atoms with van der Waals surface area (Å²) in [5.74, 6) is 0.875. The van der Waals surface area contributed by atoms with Crippen LogP contribution in [0.15, 0.2) is 24.3 Å². The Morgan fingerprint density at radius 1 is 1.32 bits per heavy atom. The van der Waals surface area contributed by atoms with Crippen molar-refractivity contribution in [1.29, 1.82) is 0 Å². The molecule has 2 rings (SSSR count). The second kappa shape index (κ2) is 7.82. The quantitative estimate of drug-likeness (QED) is 0.842. The molecule has 5 nitrogen and oxygen atoms in total. The molecule has 2 amide bonds. The summed E-state index contributed by atoms with van der Waals surface area (Å²) in [5, 5.41) is 2.95. The Bertz CT molecular complexity index is 513. The van der Waals surface area contributed by atoms with Crippen molar-refractivity contribution in [3.05, 3.63) is 24.3 Å². The van der Waals surface area contributed by atoms with E-state index in [0.717, 1.165) is 24.3 Å². The van der Waals surface area contributed by atoms with Crippen molar-refractivity contribution in [2.75, 3.05) is 18.1 Å². The second-order valence-corrected chi connectivity index (χ2v) is 5.50. The van der Waals surface area contributed by atoms with Gasteiger partial charge in [-0.15, -0.1) is 0 Å². The van der Waals surface area contributed by atoms with Crippen LogP contribution in [0.4, 0.5) is 5.69 Å². The molecule has 22 heavy (non-hydrogen) atoms. The summed E-state index contributed by atoms with van der Waals surface area (Å²) in [7, 11) is 0. The average Bonchev–Trinajstić information content (AvgIpc) is 2.87. The van der Waals surface area contributed by atoms with E-state index in [1.165, 1.54) is 0 Å². The maximum atomic E-state index is 12.1. The van der Waals surface area contributed by atoms with Crippen LogP contribution >= 0.6 is 0 Å². The van der Waals surface area contributed by atoms with E-state index >= 15 is 0 Å². The highest BCUT2D eigenvalue weighted by atomic mass is 16.5. The second-order valence-electron chi connectivity index (χ2n) is 5.50. The minimum Gasteiger partial charge on any atom is -0.494 e. The third-order valence-corrected chi connectivity index (χ3v) is 3.71. The number of anilines is 1. The molecule has 1 aromatic carbocycles. The average molecular weight is 304 g/mol.